The molecule has 0 amide bonds. The molecule has 10 heteroatoms. The highest BCUT2D eigenvalue weighted by Crippen LogP contribution is 2.48. The zero-order chi connectivity index (χ0) is 21.2. The molecule has 2 N–H and O–H groups in total. The van der Waals surface area contributed by atoms with E-state index in [9.17, 15) is 22.0 Å². The molecule has 1 atom stereocenters. The Morgan fingerprint density at radius 3 is 2.69 bits per heavy atom. The SMILES string of the molecule is COC(=O)CCC1Oc2cccc(OC(F)F)c2-c2ccc(CS(N)(=O)=O)cc21. The summed E-state index contributed by atoms with van der Waals surface area (Å²) in [4.78, 5) is 11.6. The number of halogens is 2. The third-order valence-corrected chi connectivity index (χ3v) is 5.15. The van der Waals surface area contributed by atoms with Gasteiger partial charge in [-0.05, 0) is 29.7 Å². The predicted molar refractivity (Wildman–Crippen MR) is 99.9 cm³/mol. The molecule has 7 nitrogen and oxygen atoms in total. The second-order valence-corrected chi connectivity index (χ2v) is 8.07. The number of ether oxygens (including phenoxy) is 3. The van der Waals surface area contributed by atoms with Gasteiger partial charge in [-0.1, -0.05) is 24.3 Å². The molecule has 29 heavy (non-hydrogen) atoms. The van der Waals surface area contributed by atoms with Gasteiger partial charge in [-0.25, -0.2) is 13.6 Å². The van der Waals surface area contributed by atoms with E-state index in [1.165, 1.54) is 19.2 Å². The minimum atomic E-state index is -3.77. The number of carbonyl (C=O) groups is 1. The molecule has 1 heterocycles. The Morgan fingerprint density at radius 2 is 2.03 bits per heavy atom. The number of alkyl halides is 2. The molecule has 0 aliphatic carbocycles. The van der Waals surface area contributed by atoms with Crippen LogP contribution in [0.2, 0.25) is 0 Å². The van der Waals surface area contributed by atoms with Gasteiger partial charge in [0.2, 0.25) is 10.0 Å². The third kappa shape index (κ3) is 5.01. The Morgan fingerprint density at radius 1 is 1.28 bits per heavy atom. The van der Waals surface area contributed by atoms with Crippen molar-refractivity contribution >= 4 is 16.0 Å². The van der Waals surface area contributed by atoms with Gasteiger partial charge in [-0.2, -0.15) is 8.78 Å². The fourth-order valence-electron chi connectivity index (χ4n) is 3.28. The molecule has 1 aliphatic heterocycles. The number of esters is 1. The van der Waals surface area contributed by atoms with Crippen LogP contribution >= 0.6 is 0 Å². The lowest BCUT2D eigenvalue weighted by Crippen LogP contribution is -2.18. The zero-order valence-electron chi connectivity index (χ0n) is 15.4. The van der Waals surface area contributed by atoms with E-state index in [1.54, 1.807) is 24.3 Å². The van der Waals surface area contributed by atoms with Crippen LogP contribution in [0, 0.1) is 0 Å². The molecule has 3 rings (SSSR count). The number of benzene rings is 2. The largest absolute Gasteiger partial charge is 0.485 e. The summed E-state index contributed by atoms with van der Waals surface area (Å²) in [5.74, 6) is -0.572. The number of rotatable bonds is 7. The summed E-state index contributed by atoms with van der Waals surface area (Å²) in [6.07, 6.45) is -0.306. The second-order valence-electron chi connectivity index (χ2n) is 6.46. The van der Waals surface area contributed by atoms with E-state index in [0.29, 0.717) is 28.0 Å². The molecule has 0 saturated heterocycles. The number of fused-ring (bicyclic) bond motifs is 3. The van der Waals surface area contributed by atoms with Gasteiger partial charge in [-0.3, -0.25) is 4.79 Å². The first-order chi connectivity index (χ1) is 13.7. The summed E-state index contributed by atoms with van der Waals surface area (Å²) in [6, 6.07) is 9.28. The molecule has 0 saturated carbocycles. The van der Waals surface area contributed by atoms with Gasteiger partial charge >= 0.3 is 12.6 Å². The maximum atomic E-state index is 12.8. The van der Waals surface area contributed by atoms with Crippen LogP contribution in [0.1, 0.15) is 30.1 Å². The molecule has 0 spiro atoms. The average molecular weight is 427 g/mol. The molecule has 0 fully saturated rings. The molecule has 2 aromatic carbocycles. The van der Waals surface area contributed by atoms with Crippen LogP contribution in [0.5, 0.6) is 11.5 Å². The number of methoxy groups -OCH3 is 1. The highest BCUT2D eigenvalue weighted by atomic mass is 32.2. The van der Waals surface area contributed by atoms with Crippen molar-refractivity contribution in [1.82, 2.24) is 0 Å². The predicted octanol–water partition coefficient (Wildman–Crippen LogP) is 3.13. The Kier molecular flexibility index (Phi) is 6.04. The van der Waals surface area contributed by atoms with Crippen LogP contribution in [-0.4, -0.2) is 28.1 Å². The summed E-state index contributed by atoms with van der Waals surface area (Å²) in [5, 5.41) is 5.13. The number of primary sulfonamides is 1. The Hall–Kier alpha value is -2.72. The smallest absolute Gasteiger partial charge is 0.387 e. The van der Waals surface area contributed by atoms with Crippen LogP contribution in [0.3, 0.4) is 0 Å². The van der Waals surface area contributed by atoms with Crippen LogP contribution in [-0.2, 0) is 25.3 Å². The van der Waals surface area contributed by atoms with Crippen LogP contribution in [0.15, 0.2) is 36.4 Å². The van der Waals surface area contributed by atoms with Gasteiger partial charge in [0.25, 0.3) is 0 Å². The third-order valence-electron chi connectivity index (χ3n) is 4.41. The molecule has 1 aliphatic rings. The Balaban J connectivity index is 2.08. The van der Waals surface area contributed by atoms with Crippen molar-refractivity contribution < 1.29 is 36.2 Å². The summed E-state index contributed by atoms with van der Waals surface area (Å²) in [6.45, 7) is -3.02. The summed E-state index contributed by atoms with van der Waals surface area (Å²) in [7, 11) is -2.50. The van der Waals surface area contributed by atoms with Crippen molar-refractivity contribution in [2.75, 3.05) is 7.11 Å². The molecule has 0 aromatic heterocycles. The van der Waals surface area contributed by atoms with E-state index in [0.717, 1.165) is 0 Å². The Bertz CT molecular complexity index is 1030. The van der Waals surface area contributed by atoms with Gasteiger partial charge in [0.1, 0.15) is 17.6 Å². The van der Waals surface area contributed by atoms with Crippen molar-refractivity contribution in [1.29, 1.82) is 0 Å². The van der Waals surface area contributed by atoms with E-state index >= 15 is 0 Å². The van der Waals surface area contributed by atoms with Gasteiger partial charge in [0.05, 0.1) is 18.4 Å². The molecule has 2 aromatic rings. The minimum Gasteiger partial charge on any atom is -0.485 e. The first-order valence-electron chi connectivity index (χ1n) is 8.63. The first-order valence-corrected chi connectivity index (χ1v) is 10.3. The maximum Gasteiger partial charge on any atom is 0.387 e. The molecular weight excluding hydrogens is 408 g/mol. The van der Waals surface area contributed by atoms with Crippen molar-refractivity contribution in [2.24, 2.45) is 5.14 Å². The lowest BCUT2D eigenvalue weighted by molar-refractivity contribution is -0.141. The fourth-order valence-corrected chi connectivity index (χ4v) is 3.92. The lowest BCUT2D eigenvalue weighted by atomic mass is 9.89. The highest BCUT2D eigenvalue weighted by Gasteiger charge is 2.30. The normalized spacial score (nSPS) is 15.3. The quantitative estimate of drug-likeness (QED) is 0.681. The summed E-state index contributed by atoms with van der Waals surface area (Å²) < 4.78 is 63.8. The molecule has 1 unspecified atom stereocenters. The molecule has 156 valence electrons. The minimum absolute atomic E-state index is 0.0581. The zero-order valence-corrected chi connectivity index (χ0v) is 16.2. The van der Waals surface area contributed by atoms with E-state index in [-0.39, 0.29) is 18.6 Å². The molecule has 0 radical (unpaired) electrons. The number of sulfonamides is 1. The number of nitrogens with two attached hydrogens (primary N) is 1. The number of carbonyl (C=O) groups excluding carboxylic acids is 1. The van der Waals surface area contributed by atoms with Crippen LogP contribution in [0.4, 0.5) is 8.78 Å². The highest BCUT2D eigenvalue weighted by molar-refractivity contribution is 7.88. The van der Waals surface area contributed by atoms with Crippen LogP contribution in [0.25, 0.3) is 11.1 Å². The van der Waals surface area contributed by atoms with Crippen molar-refractivity contribution in [3.05, 3.63) is 47.5 Å². The number of hydrogen-bond donors (Lipinski definition) is 1. The average Bonchev–Trinajstić information content (AvgIpc) is 2.64. The van der Waals surface area contributed by atoms with Crippen molar-refractivity contribution in [3.63, 3.8) is 0 Å². The van der Waals surface area contributed by atoms with Crippen LogP contribution < -0.4 is 14.6 Å². The summed E-state index contributed by atoms with van der Waals surface area (Å²) in [5.41, 5.74) is 1.84. The first kappa shape index (κ1) is 21.0. The topological polar surface area (TPSA) is 105 Å². The van der Waals surface area contributed by atoms with Gasteiger partial charge in [0, 0.05) is 12.0 Å². The standard InChI is InChI=1S/C19H19F2NO6S/c1-26-17(23)8-7-14-13-9-11(10-29(22,24)25)5-6-12(13)18-15(27-14)3-2-4-16(18)28-19(20)21/h2-6,9,14,19H,7-8,10H2,1H3,(H2,22,24,25). The van der Waals surface area contributed by atoms with Crippen molar-refractivity contribution in [3.8, 4) is 22.6 Å². The van der Waals surface area contributed by atoms with E-state index in [2.05, 4.69) is 9.47 Å². The molecule has 0 bridgehead atoms. The van der Waals surface area contributed by atoms with Gasteiger partial charge < -0.3 is 14.2 Å². The van der Waals surface area contributed by atoms with Crippen molar-refractivity contribution in [2.45, 2.75) is 31.3 Å². The van der Waals surface area contributed by atoms with E-state index in [1.807, 2.05) is 0 Å². The summed E-state index contributed by atoms with van der Waals surface area (Å²) >= 11 is 0. The van der Waals surface area contributed by atoms with E-state index < -0.39 is 34.5 Å². The van der Waals surface area contributed by atoms with E-state index in [4.69, 9.17) is 9.88 Å². The maximum absolute atomic E-state index is 12.8. The van der Waals surface area contributed by atoms with Gasteiger partial charge in [0.15, 0.2) is 0 Å². The lowest BCUT2D eigenvalue weighted by Gasteiger charge is -2.30. The fraction of sp³-hybridized carbons (Fsp3) is 0.316. The molecular formula is C19H19F2NO6S. The second kappa shape index (κ2) is 8.34. The Labute approximate surface area is 166 Å². The van der Waals surface area contributed by atoms with Gasteiger partial charge in [-0.15, -0.1) is 0 Å². The monoisotopic (exact) mass is 427 g/mol. The number of hydrogen-bond acceptors (Lipinski definition) is 6.